The van der Waals surface area contributed by atoms with Crippen molar-refractivity contribution in [3.05, 3.63) is 52.4 Å². The lowest BCUT2D eigenvalue weighted by molar-refractivity contribution is -0.116. The summed E-state index contributed by atoms with van der Waals surface area (Å²) in [4.78, 5) is 27.3. The van der Waals surface area contributed by atoms with E-state index in [9.17, 15) is 4.79 Å². The van der Waals surface area contributed by atoms with Crippen LogP contribution in [0.5, 0.6) is 0 Å². The molecule has 168 valence electrons. The van der Waals surface area contributed by atoms with E-state index >= 15 is 0 Å². The van der Waals surface area contributed by atoms with Crippen LogP contribution in [0, 0.1) is 6.92 Å². The normalized spacial score (nSPS) is 24.9. The molecule has 2 aliphatic heterocycles. The Labute approximate surface area is 189 Å². The van der Waals surface area contributed by atoms with E-state index in [-0.39, 0.29) is 5.91 Å². The standard InChI is InChI=1S/C25H32N6O/c1-15-6-7-16(2)31(15)12-4-5-19-17(3)28-21(23(19)18-8-9-18)13-20-24(29-30-25(20)32)22-14-26-10-11-27-22/h10-11,13-16,18,28H,4-9,12H2,1-3H3,(H,30,32). The molecule has 1 saturated heterocycles. The van der Waals surface area contributed by atoms with Gasteiger partial charge in [0, 0.05) is 35.9 Å². The van der Waals surface area contributed by atoms with Gasteiger partial charge < -0.3 is 4.98 Å². The number of hydrogen-bond acceptors (Lipinski definition) is 5. The van der Waals surface area contributed by atoms with Gasteiger partial charge in [-0.3, -0.25) is 19.7 Å². The Kier molecular flexibility index (Phi) is 5.67. The fraction of sp³-hybridized carbons (Fsp3) is 0.520. The third kappa shape index (κ3) is 4.01. The predicted octanol–water partition coefficient (Wildman–Crippen LogP) is 3.71. The molecule has 32 heavy (non-hydrogen) atoms. The number of H-pyrrole nitrogens is 1. The molecule has 4 heterocycles. The Morgan fingerprint density at radius 1 is 1.16 bits per heavy atom. The second-order valence-electron chi connectivity index (χ2n) is 9.50. The zero-order valence-electron chi connectivity index (χ0n) is 19.2. The first-order valence-corrected chi connectivity index (χ1v) is 11.9. The van der Waals surface area contributed by atoms with Crippen LogP contribution in [0.2, 0.25) is 0 Å². The molecule has 0 radical (unpaired) electrons. The van der Waals surface area contributed by atoms with Gasteiger partial charge in [-0.1, -0.05) is 0 Å². The quantitative estimate of drug-likeness (QED) is 0.653. The molecule has 2 aromatic heterocycles. The maximum Gasteiger partial charge on any atom is 0.273 e. The molecule has 0 spiro atoms. The number of hydrazone groups is 1. The highest BCUT2D eigenvalue weighted by molar-refractivity contribution is 6.32. The number of carbonyl (C=O) groups is 1. The molecule has 7 nitrogen and oxygen atoms in total. The van der Waals surface area contributed by atoms with Gasteiger partial charge in [0.2, 0.25) is 0 Å². The molecule has 7 heteroatoms. The SMILES string of the molecule is Cc1[nH]c(C=C2C(=O)NN=C2c2cnccn2)c(C2CC2)c1CCCN1C(C)CCC1C. The minimum absolute atomic E-state index is 0.196. The number of nitrogens with one attached hydrogen (secondary N) is 2. The molecule has 2 unspecified atom stereocenters. The molecule has 2 aromatic rings. The molecule has 3 aliphatic rings. The van der Waals surface area contributed by atoms with E-state index in [2.05, 4.69) is 51.2 Å². The van der Waals surface area contributed by atoms with Crippen molar-refractivity contribution in [3.63, 3.8) is 0 Å². The number of aromatic nitrogens is 3. The van der Waals surface area contributed by atoms with Crippen LogP contribution in [-0.4, -0.2) is 50.1 Å². The van der Waals surface area contributed by atoms with Gasteiger partial charge in [-0.2, -0.15) is 5.10 Å². The number of nitrogens with zero attached hydrogens (tertiary/aromatic N) is 4. The first-order chi connectivity index (χ1) is 15.5. The monoisotopic (exact) mass is 432 g/mol. The van der Waals surface area contributed by atoms with Gasteiger partial charge in [0.25, 0.3) is 5.91 Å². The molecule has 0 bridgehead atoms. The van der Waals surface area contributed by atoms with Crippen LogP contribution >= 0.6 is 0 Å². The summed E-state index contributed by atoms with van der Waals surface area (Å²) in [5.74, 6) is 0.394. The highest BCUT2D eigenvalue weighted by atomic mass is 16.2. The first kappa shape index (κ1) is 21.1. The summed E-state index contributed by atoms with van der Waals surface area (Å²) in [6.07, 6.45) is 14.1. The number of hydrogen-bond donors (Lipinski definition) is 2. The van der Waals surface area contributed by atoms with Crippen LogP contribution in [0.1, 0.15) is 80.1 Å². The molecule has 5 rings (SSSR count). The molecule has 0 aromatic carbocycles. The molecule has 2 N–H and O–H groups in total. The number of aromatic amines is 1. The molecular weight excluding hydrogens is 400 g/mol. The molecular formula is C25H32N6O. The van der Waals surface area contributed by atoms with Crippen molar-refractivity contribution in [1.29, 1.82) is 0 Å². The summed E-state index contributed by atoms with van der Waals surface area (Å²) < 4.78 is 0. The van der Waals surface area contributed by atoms with Crippen LogP contribution in [-0.2, 0) is 11.2 Å². The average molecular weight is 433 g/mol. The van der Waals surface area contributed by atoms with E-state index in [1.54, 1.807) is 18.6 Å². The Balaban J connectivity index is 1.40. The highest BCUT2D eigenvalue weighted by Gasteiger charge is 2.33. The van der Waals surface area contributed by atoms with Crippen molar-refractivity contribution in [2.45, 2.75) is 77.3 Å². The van der Waals surface area contributed by atoms with Gasteiger partial charge in [0.1, 0.15) is 11.4 Å². The summed E-state index contributed by atoms with van der Waals surface area (Å²) in [6.45, 7) is 8.03. The van der Waals surface area contributed by atoms with E-state index in [4.69, 9.17) is 0 Å². The number of rotatable bonds is 7. The summed E-state index contributed by atoms with van der Waals surface area (Å²) in [5, 5.41) is 4.22. The maximum atomic E-state index is 12.6. The lowest BCUT2D eigenvalue weighted by Crippen LogP contribution is -2.33. The third-order valence-corrected chi connectivity index (χ3v) is 7.22. The summed E-state index contributed by atoms with van der Waals surface area (Å²) in [7, 11) is 0. The fourth-order valence-electron chi connectivity index (χ4n) is 5.34. The van der Waals surface area contributed by atoms with E-state index in [0.717, 1.165) is 25.1 Å². The molecule has 2 atom stereocenters. The second-order valence-corrected chi connectivity index (χ2v) is 9.50. The Morgan fingerprint density at radius 3 is 2.62 bits per heavy atom. The van der Waals surface area contributed by atoms with Gasteiger partial charge in [-0.15, -0.1) is 0 Å². The van der Waals surface area contributed by atoms with Crippen LogP contribution < -0.4 is 5.43 Å². The minimum Gasteiger partial charge on any atom is -0.359 e. The van der Waals surface area contributed by atoms with Crippen LogP contribution in [0.3, 0.4) is 0 Å². The Morgan fingerprint density at radius 2 is 1.94 bits per heavy atom. The van der Waals surface area contributed by atoms with Crippen LogP contribution in [0.4, 0.5) is 0 Å². The van der Waals surface area contributed by atoms with E-state index in [1.165, 1.54) is 42.5 Å². The van der Waals surface area contributed by atoms with Crippen molar-refractivity contribution in [2.24, 2.45) is 5.10 Å². The minimum atomic E-state index is -0.196. The summed E-state index contributed by atoms with van der Waals surface area (Å²) in [6, 6.07) is 1.39. The maximum absolute atomic E-state index is 12.6. The fourth-order valence-corrected chi connectivity index (χ4v) is 5.34. The smallest absolute Gasteiger partial charge is 0.273 e. The lowest BCUT2D eigenvalue weighted by atomic mass is 9.98. The van der Waals surface area contributed by atoms with Gasteiger partial charge in [0.05, 0.1) is 11.8 Å². The molecule has 1 saturated carbocycles. The van der Waals surface area contributed by atoms with Crippen LogP contribution in [0.25, 0.3) is 6.08 Å². The van der Waals surface area contributed by atoms with E-state index in [1.807, 2.05) is 6.08 Å². The number of likely N-dealkylation sites (tertiary alicyclic amines) is 1. The van der Waals surface area contributed by atoms with Crippen molar-refractivity contribution < 1.29 is 4.79 Å². The molecule has 2 fully saturated rings. The third-order valence-electron chi connectivity index (χ3n) is 7.22. The number of aryl methyl sites for hydroxylation is 1. The van der Waals surface area contributed by atoms with Crippen molar-refractivity contribution in [3.8, 4) is 0 Å². The summed E-state index contributed by atoms with van der Waals surface area (Å²) in [5.41, 5.74) is 9.39. The summed E-state index contributed by atoms with van der Waals surface area (Å²) >= 11 is 0. The number of amides is 1. The predicted molar refractivity (Wildman–Crippen MR) is 125 cm³/mol. The Hall–Kier alpha value is -2.80. The topological polar surface area (TPSA) is 86.3 Å². The lowest BCUT2D eigenvalue weighted by Gasteiger charge is -2.25. The second kappa shape index (κ2) is 8.62. The zero-order valence-corrected chi connectivity index (χ0v) is 19.2. The van der Waals surface area contributed by atoms with Crippen molar-refractivity contribution >= 4 is 17.7 Å². The van der Waals surface area contributed by atoms with Gasteiger partial charge in [0.15, 0.2) is 0 Å². The van der Waals surface area contributed by atoms with Crippen molar-refractivity contribution in [1.82, 2.24) is 25.3 Å². The average Bonchev–Trinajstić information content (AvgIpc) is 3.40. The molecule has 1 amide bonds. The van der Waals surface area contributed by atoms with Gasteiger partial charge in [-0.25, -0.2) is 5.43 Å². The largest absolute Gasteiger partial charge is 0.359 e. The Bertz CT molecular complexity index is 1060. The van der Waals surface area contributed by atoms with E-state index < -0.39 is 0 Å². The van der Waals surface area contributed by atoms with Gasteiger partial charge >= 0.3 is 0 Å². The number of carbonyl (C=O) groups excluding carboxylic acids is 1. The van der Waals surface area contributed by atoms with Crippen LogP contribution in [0.15, 0.2) is 29.3 Å². The highest BCUT2D eigenvalue weighted by Crippen LogP contribution is 2.45. The van der Waals surface area contributed by atoms with E-state index in [0.29, 0.717) is 35.0 Å². The first-order valence-electron chi connectivity index (χ1n) is 11.9. The van der Waals surface area contributed by atoms with Gasteiger partial charge in [-0.05, 0) is 89.0 Å². The van der Waals surface area contributed by atoms with Crippen molar-refractivity contribution in [2.75, 3.05) is 6.54 Å². The zero-order chi connectivity index (χ0) is 22.2. The molecule has 1 aliphatic carbocycles.